The van der Waals surface area contributed by atoms with Crippen molar-refractivity contribution in [1.82, 2.24) is 20.3 Å². The molecular formula is C15H18N4O. The molecule has 0 spiro atoms. The zero-order valence-corrected chi connectivity index (χ0v) is 11.8. The number of nitrogens with zero attached hydrogens (tertiary/aromatic N) is 3. The first kappa shape index (κ1) is 11.9. The topological polar surface area (TPSA) is 52.0 Å². The fourth-order valence-corrected chi connectivity index (χ4v) is 2.86. The van der Waals surface area contributed by atoms with Crippen molar-refractivity contribution in [2.45, 2.75) is 31.9 Å². The molecule has 1 aromatic carbocycles. The third-order valence-corrected chi connectivity index (χ3v) is 4.01. The molecule has 2 aliphatic heterocycles. The van der Waals surface area contributed by atoms with Crippen molar-refractivity contribution in [3.63, 3.8) is 0 Å². The van der Waals surface area contributed by atoms with Gasteiger partial charge >= 0.3 is 0 Å². The summed E-state index contributed by atoms with van der Waals surface area (Å²) in [6, 6.07) is 6.70. The Hall–Kier alpha value is -1.88. The normalized spacial score (nSPS) is 20.3. The Kier molecular flexibility index (Phi) is 2.41. The maximum absolute atomic E-state index is 6.10. The Morgan fingerprint density at radius 3 is 2.95 bits per heavy atom. The van der Waals surface area contributed by atoms with Crippen LogP contribution in [0.15, 0.2) is 24.4 Å². The first-order valence-electron chi connectivity index (χ1n) is 7.06. The summed E-state index contributed by atoms with van der Waals surface area (Å²) in [4.78, 5) is 0. The van der Waals surface area contributed by atoms with Gasteiger partial charge in [-0.1, -0.05) is 17.3 Å². The first-order chi connectivity index (χ1) is 9.62. The molecule has 1 N–H and O–H groups in total. The van der Waals surface area contributed by atoms with Crippen LogP contribution >= 0.6 is 0 Å². The Labute approximate surface area is 117 Å². The fraction of sp³-hybridized carbons (Fsp3) is 0.467. The van der Waals surface area contributed by atoms with Crippen LogP contribution in [0.4, 0.5) is 0 Å². The van der Waals surface area contributed by atoms with Crippen molar-refractivity contribution in [1.29, 1.82) is 0 Å². The van der Waals surface area contributed by atoms with E-state index in [1.807, 2.05) is 10.9 Å². The van der Waals surface area contributed by atoms with Gasteiger partial charge in [-0.25, -0.2) is 4.68 Å². The molecule has 5 nitrogen and oxygen atoms in total. The van der Waals surface area contributed by atoms with Crippen LogP contribution in [0, 0.1) is 0 Å². The van der Waals surface area contributed by atoms with E-state index in [1.54, 1.807) is 0 Å². The van der Waals surface area contributed by atoms with Crippen molar-refractivity contribution in [3.05, 3.63) is 30.0 Å². The molecule has 1 aromatic heterocycles. The molecule has 4 rings (SSSR count). The van der Waals surface area contributed by atoms with Crippen molar-refractivity contribution in [2.24, 2.45) is 0 Å². The lowest BCUT2D eigenvalue weighted by atomic mass is 10.00. The van der Waals surface area contributed by atoms with Crippen LogP contribution in [0.25, 0.3) is 11.3 Å². The van der Waals surface area contributed by atoms with Gasteiger partial charge in [-0.2, -0.15) is 0 Å². The van der Waals surface area contributed by atoms with Crippen molar-refractivity contribution in [2.75, 3.05) is 13.1 Å². The summed E-state index contributed by atoms with van der Waals surface area (Å²) < 4.78 is 8.05. The Balaban J connectivity index is 1.73. The Bertz CT molecular complexity index is 658. The number of benzene rings is 1. The molecule has 1 saturated heterocycles. The maximum atomic E-state index is 6.10. The molecule has 2 aliphatic rings. The zero-order valence-electron chi connectivity index (χ0n) is 11.8. The van der Waals surface area contributed by atoms with Gasteiger partial charge in [0.25, 0.3) is 0 Å². The molecule has 0 unspecified atom stereocenters. The summed E-state index contributed by atoms with van der Waals surface area (Å²) >= 11 is 0. The van der Waals surface area contributed by atoms with Crippen molar-refractivity contribution in [3.8, 4) is 17.0 Å². The lowest BCUT2D eigenvalue weighted by Crippen LogP contribution is -2.43. The lowest BCUT2D eigenvalue weighted by molar-refractivity contribution is 0.139. The van der Waals surface area contributed by atoms with Crippen LogP contribution in [0.1, 0.15) is 25.5 Å². The van der Waals surface area contributed by atoms with Gasteiger partial charge in [0.15, 0.2) is 0 Å². The van der Waals surface area contributed by atoms with E-state index in [1.165, 1.54) is 5.56 Å². The third-order valence-electron chi connectivity index (χ3n) is 4.01. The second-order valence-electron chi connectivity index (χ2n) is 6.23. The summed E-state index contributed by atoms with van der Waals surface area (Å²) in [6.45, 7) is 6.18. The van der Waals surface area contributed by atoms with Gasteiger partial charge < -0.3 is 10.1 Å². The number of ether oxygens (including phenoxy) is 1. The maximum Gasteiger partial charge on any atom is 0.132 e. The predicted molar refractivity (Wildman–Crippen MR) is 75.8 cm³/mol. The highest BCUT2D eigenvalue weighted by atomic mass is 16.5. The zero-order chi connectivity index (χ0) is 13.7. The average molecular weight is 270 g/mol. The van der Waals surface area contributed by atoms with Crippen LogP contribution in [0.2, 0.25) is 0 Å². The first-order valence-corrected chi connectivity index (χ1v) is 7.06. The van der Waals surface area contributed by atoms with Gasteiger partial charge in [0.05, 0.1) is 12.2 Å². The molecule has 0 atom stereocenters. The van der Waals surface area contributed by atoms with Gasteiger partial charge in [0.2, 0.25) is 0 Å². The number of aromatic nitrogens is 3. The quantitative estimate of drug-likeness (QED) is 0.904. The van der Waals surface area contributed by atoms with Gasteiger partial charge in [-0.3, -0.25) is 0 Å². The summed E-state index contributed by atoms with van der Waals surface area (Å²) in [6.07, 6.45) is 2.96. The van der Waals surface area contributed by atoms with Crippen LogP contribution < -0.4 is 10.1 Å². The highest BCUT2D eigenvalue weighted by Gasteiger charge is 2.32. The van der Waals surface area contributed by atoms with E-state index < -0.39 is 0 Å². The monoisotopic (exact) mass is 270 g/mol. The van der Waals surface area contributed by atoms with E-state index in [0.717, 1.165) is 36.5 Å². The molecule has 3 heterocycles. The second-order valence-corrected chi connectivity index (χ2v) is 6.23. The summed E-state index contributed by atoms with van der Waals surface area (Å²) in [5.41, 5.74) is 3.07. The van der Waals surface area contributed by atoms with E-state index >= 15 is 0 Å². The molecule has 0 saturated carbocycles. The average Bonchev–Trinajstić information content (AvgIpc) is 2.88. The Morgan fingerprint density at radius 2 is 2.20 bits per heavy atom. The lowest BCUT2D eigenvalue weighted by Gasteiger charge is -2.26. The number of para-hydroxylation sites is 1. The minimum absolute atomic E-state index is 0.133. The standard InChI is InChI=1S/C15H18N4O/c1-15(2)6-10-4-3-5-12(14(10)20-15)13-9-19(18-17-13)11-7-16-8-11/h3-5,9,11,16H,6-8H2,1-2H3. The number of fused-ring (bicyclic) bond motifs is 1. The summed E-state index contributed by atoms with van der Waals surface area (Å²) in [5, 5.41) is 11.8. The molecule has 20 heavy (non-hydrogen) atoms. The molecule has 5 heteroatoms. The van der Waals surface area contributed by atoms with Gasteiger partial charge in [-0.15, -0.1) is 5.10 Å². The molecule has 0 radical (unpaired) electrons. The number of rotatable bonds is 2. The molecule has 0 amide bonds. The Morgan fingerprint density at radius 1 is 1.35 bits per heavy atom. The largest absolute Gasteiger partial charge is 0.487 e. The highest BCUT2D eigenvalue weighted by Crippen LogP contribution is 2.41. The van der Waals surface area contributed by atoms with Crippen LogP contribution in [0.5, 0.6) is 5.75 Å². The second kappa shape index (κ2) is 4.06. The summed E-state index contributed by atoms with van der Waals surface area (Å²) in [5.74, 6) is 0.969. The van der Waals surface area contributed by atoms with Gasteiger partial charge in [0, 0.05) is 25.1 Å². The van der Waals surface area contributed by atoms with E-state index in [0.29, 0.717) is 6.04 Å². The van der Waals surface area contributed by atoms with Crippen molar-refractivity contribution >= 4 is 0 Å². The molecular weight excluding hydrogens is 252 g/mol. The minimum atomic E-state index is -0.133. The number of hydrogen-bond acceptors (Lipinski definition) is 4. The van der Waals surface area contributed by atoms with Crippen LogP contribution in [-0.2, 0) is 6.42 Å². The van der Waals surface area contributed by atoms with Crippen LogP contribution in [0.3, 0.4) is 0 Å². The highest BCUT2D eigenvalue weighted by molar-refractivity contribution is 5.69. The molecule has 0 bridgehead atoms. The molecule has 0 aliphatic carbocycles. The predicted octanol–water partition coefficient (Wildman–Crippen LogP) is 1.80. The van der Waals surface area contributed by atoms with E-state index in [2.05, 4.69) is 47.7 Å². The van der Waals surface area contributed by atoms with E-state index in [9.17, 15) is 0 Å². The van der Waals surface area contributed by atoms with Crippen LogP contribution in [-0.4, -0.2) is 33.7 Å². The molecule has 2 aromatic rings. The SMILES string of the molecule is CC1(C)Cc2cccc(-c3cn(C4CNC4)nn3)c2O1. The third kappa shape index (κ3) is 1.81. The van der Waals surface area contributed by atoms with E-state index in [-0.39, 0.29) is 5.60 Å². The summed E-state index contributed by atoms with van der Waals surface area (Å²) in [7, 11) is 0. The van der Waals surface area contributed by atoms with Crippen molar-refractivity contribution < 1.29 is 4.74 Å². The van der Waals surface area contributed by atoms with Gasteiger partial charge in [0.1, 0.15) is 17.0 Å². The number of hydrogen-bond donors (Lipinski definition) is 1. The fourth-order valence-electron chi connectivity index (χ4n) is 2.86. The minimum Gasteiger partial charge on any atom is -0.487 e. The molecule has 1 fully saturated rings. The smallest absolute Gasteiger partial charge is 0.132 e. The number of nitrogens with one attached hydrogen (secondary N) is 1. The van der Waals surface area contributed by atoms with E-state index in [4.69, 9.17) is 4.74 Å². The molecule has 104 valence electrons. The van der Waals surface area contributed by atoms with Gasteiger partial charge in [-0.05, 0) is 25.5 Å².